The third-order valence-corrected chi connectivity index (χ3v) is 5.99. The second kappa shape index (κ2) is 10.5. The summed E-state index contributed by atoms with van der Waals surface area (Å²) in [6, 6.07) is 15.3. The molecular weight excluding hydrogens is 388 g/mol. The molecule has 0 radical (unpaired) electrons. The van der Waals surface area contributed by atoms with E-state index < -0.39 is 6.10 Å². The van der Waals surface area contributed by atoms with Crippen LogP contribution in [-0.2, 0) is 4.79 Å². The molecule has 0 saturated heterocycles. The highest BCUT2D eigenvalue weighted by atomic mass is 16.5. The van der Waals surface area contributed by atoms with Crippen molar-refractivity contribution in [3.8, 4) is 5.75 Å². The third-order valence-electron chi connectivity index (χ3n) is 5.99. The predicted molar refractivity (Wildman–Crippen MR) is 125 cm³/mol. The van der Waals surface area contributed by atoms with Gasteiger partial charge in [-0.25, -0.2) is 0 Å². The van der Waals surface area contributed by atoms with Crippen molar-refractivity contribution in [3.05, 3.63) is 59.7 Å². The van der Waals surface area contributed by atoms with Crippen molar-refractivity contribution in [1.82, 2.24) is 5.32 Å². The summed E-state index contributed by atoms with van der Waals surface area (Å²) in [7, 11) is 1.69. The Morgan fingerprint density at radius 2 is 1.61 bits per heavy atom. The summed E-state index contributed by atoms with van der Waals surface area (Å²) in [6.07, 6.45) is 4.89. The molecule has 1 N–H and O–H groups in total. The topological polar surface area (TPSA) is 58.6 Å². The van der Waals surface area contributed by atoms with Gasteiger partial charge in [0.15, 0.2) is 6.10 Å². The van der Waals surface area contributed by atoms with E-state index in [0.29, 0.717) is 22.9 Å². The van der Waals surface area contributed by atoms with Crippen LogP contribution in [0.5, 0.6) is 5.75 Å². The largest absolute Gasteiger partial charge is 0.481 e. The van der Waals surface area contributed by atoms with Crippen LogP contribution in [0.3, 0.4) is 0 Å². The van der Waals surface area contributed by atoms with Crippen LogP contribution >= 0.6 is 0 Å². The lowest BCUT2D eigenvalue weighted by Crippen LogP contribution is -2.40. The molecule has 2 amide bonds. The first-order valence-electron chi connectivity index (χ1n) is 11.3. The van der Waals surface area contributed by atoms with Crippen molar-refractivity contribution in [1.29, 1.82) is 0 Å². The van der Waals surface area contributed by atoms with E-state index in [1.165, 1.54) is 16.9 Å². The van der Waals surface area contributed by atoms with Crippen molar-refractivity contribution in [3.63, 3.8) is 0 Å². The maximum atomic E-state index is 13.1. The number of hydrogen-bond donors (Lipinski definition) is 1. The van der Waals surface area contributed by atoms with E-state index >= 15 is 0 Å². The van der Waals surface area contributed by atoms with Crippen LogP contribution < -0.4 is 15.0 Å². The lowest BCUT2D eigenvalue weighted by atomic mass is 9.95. The summed E-state index contributed by atoms with van der Waals surface area (Å²) >= 11 is 0. The molecule has 1 atom stereocenters. The Balaban J connectivity index is 1.68. The maximum Gasteiger partial charge on any atom is 0.267 e. The Bertz CT molecular complexity index is 886. The number of hydrogen-bond acceptors (Lipinski definition) is 3. The van der Waals surface area contributed by atoms with Crippen LogP contribution in [0, 0.1) is 0 Å². The van der Waals surface area contributed by atoms with Crippen molar-refractivity contribution >= 4 is 17.5 Å². The van der Waals surface area contributed by atoms with Gasteiger partial charge in [-0.15, -0.1) is 0 Å². The number of carbonyl (C=O) groups excluding carboxylic acids is 2. The Morgan fingerprint density at radius 1 is 0.968 bits per heavy atom. The van der Waals surface area contributed by atoms with Crippen LogP contribution in [0.15, 0.2) is 48.5 Å². The number of likely N-dealkylation sites (N-methyl/N-ethyl adjacent to an activating group) is 1. The zero-order chi connectivity index (χ0) is 22.4. The lowest BCUT2D eigenvalue weighted by molar-refractivity contribution is -0.124. The molecule has 1 aliphatic rings. The van der Waals surface area contributed by atoms with Crippen molar-refractivity contribution in [2.24, 2.45) is 0 Å². The fourth-order valence-corrected chi connectivity index (χ4v) is 4.05. The van der Waals surface area contributed by atoms with Gasteiger partial charge in [0.05, 0.1) is 11.3 Å². The molecule has 166 valence electrons. The molecule has 1 fully saturated rings. The maximum absolute atomic E-state index is 13.1. The number of carbonyl (C=O) groups is 2. The average Bonchev–Trinajstić information content (AvgIpc) is 2.79. The number of anilines is 1. The minimum atomic E-state index is -0.677. The van der Waals surface area contributed by atoms with E-state index in [-0.39, 0.29) is 17.9 Å². The molecule has 1 saturated carbocycles. The fourth-order valence-electron chi connectivity index (χ4n) is 4.05. The SMILES string of the molecule is CC(Oc1ccc(C(C)C)cc1)C(=O)N(C)c1ccccc1C(=O)NC1CCCCC1. The Morgan fingerprint density at radius 3 is 2.26 bits per heavy atom. The predicted octanol–water partition coefficient (Wildman–Crippen LogP) is 5.30. The van der Waals surface area contributed by atoms with Gasteiger partial charge in [0.1, 0.15) is 5.75 Å². The molecule has 1 aliphatic carbocycles. The molecular formula is C26H34N2O3. The fraction of sp³-hybridized carbons (Fsp3) is 0.462. The minimum Gasteiger partial charge on any atom is -0.481 e. The van der Waals surface area contributed by atoms with Gasteiger partial charge in [-0.1, -0.05) is 57.4 Å². The summed E-state index contributed by atoms with van der Waals surface area (Å²) in [5.41, 5.74) is 2.32. The summed E-state index contributed by atoms with van der Waals surface area (Å²) < 4.78 is 5.88. The van der Waals surface area contributed by atoms with Crippen LogP contribution in [0.4, 0.5) is 5.69 Å². The molecule has 5 heteroatoms. The quantitative estimate of drug-likeness (QED) is 0.658. The van der Waals surface area contributed by atoms with E-state index in [4.69, 9.17) is 4.74 Å². The lowest BCUT2D eigenvalue weighted by Gasteiger charge is -2.26. The summed E-state index contributed by atoms with van der Waals surface area (Å²) in [5.74, 6) is 0.767. The van der Waals surface area contributed by atoms with Crippen LogP contribution in [-0.4, -0.2) is 31.0 Å². The standard InChI is InChI=1S/C26H34N2O3/c1-18(2)20-14-16-22(17-15-20)31-19(3)26(30)28(4)24-13-9-8-12-23(24)25(29)27-21-10-6-5-7-11-21/h8-9,12-19,21H,5-7,10-11H2,1-4H3,(H,27,29). The molecule has 5 nitrogen and oxygen atoms in total. The van der Waals surface area contributed by atoms with Crippen LogP contribution in [0.1, 0.15) is 74.7 Å². The van der Waals surface area contributed by atoms with E-state index in [2.05, 4.69) is 19.2 Å². The number of rotatable bonds is 7. The molecule has 0 aromatic heterocycles. The van der Waals surface area contributed by atoms with Gasteiger partial charge in [0.25, 0.3) is 11.8 Å². The van der Waals surface area contributed by atoms with Crippen LogP contribution in [0.2, 0.25) is 0 Å². The second-order valence-electron chi connectivity index (χ2n) is 8.71. The summed E-state index contributed by atoms with van der Waals surface area (Å²) in [6.45, 7) is 6.01. The molecule has 0 bridgehead atoms. The van der Waals surface area contributed by atoms with Gasteiger partial charge in [0.2, 0.25) is 0 Å². The monoisotopic (exact) mass is 422 g/mol. The second-order valence-corrected chi connectivity index (χ2v) is 8.71. The van der Waals surface area contributed by atoms with Gasteiger partial charge < -0.3 is 15.0 Å². The highest BCUT2D eigenvalue weighted by Gasteiger charge is 2.25. The van der Waals surface area contributed by atoms with Gasteiger partial charge in [0, 0.05) is 13.1 Å². The highest BCUT2D eigenvalue weighted by Crippen LogP contribution is 2.24. The number of ether oxygens (including phenoxy) is 1. The number of benzene rings is 2. The van der Waals surface area contributed by atoms with E-state index in [1.807, 2.05) is 36.4 Å². The molecule has 31 heavy (non-hydrogen) atoms. The normalized spacial score (nSPS) is 15.4. The van der Waals surface area contributed by atoms with Gasteiger partial charge in [-0.2, -0.15) is 0 Å². The zero-order valence-electron chi connectivity index (χ0n) is 19.1. The number of nitrogens with one attached hydrogen (secondary N) is 1. The highest BCUT2D eigenvalue weighted by molar-refractivity contribution is 6.05. The Labute approximate surface area is 185 Å². The summed E-state index contributed by atoms with van der Waals surface area (Å²) in [4.78, 5) is 27.5. The van der Waals surface area contributed by atoms with Crippen LogP contribution in [0.25, 0.3) is 0 Å². The molecule has 0 heterocycles. The van der Waals surface area contributed by atoms with E-state index in [0.717, 1.165) is 25.7 Å². The van der Waals surface area contributed by atoms with Gasteiger partial charge in [-0.3, -0.25) is 9.59 Å². The average molecular weight is 423 g/mol. The molecule has 0 aliphatic heterocycles. The third kappa shape index (κ3) is 5.87. The van der Waals surface area contributed by atoms with E-state index in [9.17, 15) is 9.59 Å². The first-order chi connectivity index (χ1) is 14.9. The van der Waals surface area contributed by atoms with E-state index in [1.54, 1.807) is 26.1 Å². The molecule has 0 spiro atoms. The van der Waals surface area contributed by atoms with Gasteiger partial charge >= 0.3 is 0 Å². The van der Waals surface area contributed by atoms with Crippen molar-refractivity contribution in [2.45, 2.75) is 70.9 Å². The van der Waals surface area contributed by atoms with Crippen molar-refractivity contribution in [2.75, 3.05) is 11.9 Å². The Kier molecular flexibility index (Phi) is 7.72. The minimum absolute atomic E-state index is 0.125. The smallest absolute Gasteiger partial charge is 0.267 e. The van der Waals surface area contributed by atoms with Crippen molar-refractivity contribution < 1.29 is 14.3 Å². The molecule has 2 aromatic carbocycles. The first kappa shape index (κ1) is 22.9. The molecule has 1 unspecified atom stereocenters. The Hall–Kier alpha value is -2.82. The number of amides is 2. The van der Waals surface area contributed by atoms with Gasteiger partial charge in [-0.05, 0) is 55.5 Å². The zero-order valence-corrected chi connectivity index (χ0v) is 19.1. The summed E-state index contributed by atoms with van der Waals surface area (Å²) in [5, 5.41) is 3.14. The first-order valence-corrected chi connectivity index (χ1v) is 11.3. The number of para-hydroxylation sites is 1. The molecule has 2 aromatic rings. The molecule has 3 rings (SSSR count). The number of nitrogens with zero attached hydrogens (tertiary/aromatic N) is 1.